The van der Waals surface area contributed by atoms with Gasteiger partial charge in [0.2, 0.25) is 0 Å². The van der Waals surface area contributed by atoms with Gasteiger partial charge in [-0.2, -0.15) is 0 Å². The van der Waals surface area contributed by atoms with Crippen LogP contribution < -0.4 is 4.87 Å². The molecule has 5 nitrogen and oxygen atoms in total. The summed E-state index contributed by atoms with van der Waals surface area (Å²) in [6.07, 6.45) is -0.133. The average molecular weight is 362 g/mol. The summed E-state index contributed by atoms with van der Waals surface area (Å²) in [7, 11) is 0. The maximum Gasteiger partial charge on any atom is 0.308 e. The average Bonchev–Trinajstić information content (AvgIpc) is 2.87. The van der Waals surface area contributed by atoms with Gasteiger partial charge in [-0.25, -0.2) is 0 Å². The number of aryl methyl sites for hydroxylation is 1. The lowest BCUT2D eigenvalue weighted by molar-refractivity contribution is -0.137. The minimum Gasteiger partial charge on any atom is -0.481 e. The zero-order valence-corrected chi connectivity index (χ0v) is 13.9. The van der Waals surface area contributed by atoms with Crippen molar-refractivity contribution in [2.75, 3.05) is 0 Å². The van der Waals surface area contributed by atoms with Crippen LogP contribution in [0.5, 0.6) is 0 Å². The number of carbonyl (C=O) groups excluding carboxylic acids is 1. The van der Waals surface area contributed by atoms with E-state index in [9.17, 15) is 14.4 Å². The van der Waals surface area contributed by atoms with Crippen LogP contribution in [-0.4, -0.2) is 21.4 Å². The Bertz CT molecular complexity index is 1010. The highest BCUT2D eigenvalue weighted by Gasteiger charge is 2.15. The molecule has 0 fully saturated rings. The molecule has 0 aliphatic carbocycles. The number of halogens is 1. The molecule has 0 unspecified atom stereocenters. The summed E-state index contributed by atoms with van der Waals surface area (Å²) in [5.41, 5.74) is 1.46. The van der Waals surface area contributed by atoms with E-state index >= 15 is 0 Å². The number of thiazole rings is 1. The fraction of sp³-hybridized carbons (Fsp3) is 0.118. The third-order valence-corrected chi connectivity index (χ3v) is 4.87. The molecule has 0 amide bonds. The number of hydrogen-bond acceptors (Lipinski definition) is 4. The van der Waals surface area contributed by atoms with E-state index in [2.05, 4.69) is 0 Å². The molecule has 7 heteroatoms. The Morgan fingerprint density at radius 2 is 1.92 bits per heavy atom. The predicted molar refractivity (Wildman–Crippen MR) is 93.2 cm³/mol. The summed E-state index contributed by atoms with van der Waals surface area (Å²) >= 11 is 7.05. The monoisotopic (exact) mass is 361 g/mol. The van der Waals surface area contributed by atoms with Gasteiger partial charge in [0.1, 0.15) is 0 Å². The molecule has 1 heterocycles. The van der Waals surface area contributed by atoms with Crippen LogP contribution in [0.15, 0.2) is 47.3 Å². The van der Waals surface area contributed by atoms with Gasteiger partial charge in [-0.05, 0) is 30.3 Å². The Morgan fingerprint density at radius 1 is 1.17 bits per heavy atom. The second-order valence-corrected chi connectivity index (χ2v) is 6.56. The van der Waals surface area contributed by atoms with Crippen molar-refractivity contribution >= 4 is 44.9 Å². The van der Waals surface area contributed by atoms with Gasteiger partial charge >= 0.3 is 10.8 Å². The molecular formula is C17H12ClNO4S. The second kappa shape index (κ2) is 6.59. The molecular weight excluding hydrogens is 350 g/mol. The Balaban J connectivity index is 2.01. The molecule has 0 saturated heterocycles. The van der Waals surface area contributed by atoms with Crippen molar-refractivity contribution in [3.8, 4) is 0 Å². The van der Waals surface area contributed by atoms with Crippen molar-refractivity contribution in [2.45, 2.75) is 13.0 Å². The van der Waals surface area contributed by atoms with Crippen molar-refractivity contribution in [3.05, 3.63) is 68.3 Å². The summed E-state index contributed by atoms with van der Waals surface area (Å²) in [4.78, 5) is 35.1. The molecule has 0 radical (unpaired) electrons. The standard InChI is InChI=1S/C17H12ClNO4S/c18-12-4-2-1-3-11(12)16(22)10-5-6-13-14(9-10)24-17(23)19(13)8-7-15(20)21/h1-6,9H,7-8H2,(H,20,21). The van der Waals surface area contributed by atoms with Crippen LogP contribution in [0.3, 0.4) is 0 Å². The Hall–Kier alpha value is -2.44. The van der Waals surface area contributed by atoms with Gasteiger partial charge < -0.3 is 5.11 Å². The molecule has 0 bridgehead atoms. The summed E-state index contributed by atoms with van der Waals surface area (Å²) in [5.74, 6) is -1.19. The molecule has 0 saturated carbocycles. The Morgan fingerprint density at radius 3 is 2.62 bits per heavy atom. The van der Waals surface area contributed by atoms with Crippen molar-refractivity contribution in [2.24, 2.45) is 0 Å². The molecule has 122 valence electrons. The van der Waals surface area contributed by atoms with Gasteiger partial charge in [0.05, 0.1) is 21.7 Å². The SMILES string of the molecule is O=C(O)CCn1c(=O)sc2cc(C(=O)c3ccccc3Cl)ccc21. The van der Waals surface area contributed by atoms with Crippen molar-refractivity contribution in [3.63, 3.8) is 0 Å². The number of ketones is 1. The van der Waals surface area contributed by atoms with Gasteiger partial charge in [0.25, 0.3) is 0 Å². The molecule has 1 aromatic heterocycles. The van der Waals surface area contributed by atoms with Crippen molar-refractivity contribution in [1.82, 2.24) is 4.57 Å². The molecule has 0 aliphatic heterocycles. The topological polar surface area (TPSA) is 76.4 Å². The van der Waals surface area contributed by atoms with E-state index < -0.39 is 5.97 Å². The first-order chi connectivity index (χ1) is 11.5. The first-order valence-electron chi connectivity index (χ1n) is 7.12. The summed E-state index contributed by atoms with van der Waals surface area (Å²) in [6, 6.07) is 11.7. The fourth-order valence-electron chi connectivity index (χ4n) is 2.43. The number of aliphatic carboxylic acids is 1. The Kier molecular flexibility index (Phi) is 4.51. The first-order valence-corrected chi connectivity index (χ1v) is 8.31. The quantitative estimate of drug-likeness (QED) is 0.706. The van der Waals surface area contributed by atoms with E-state index in [-0.39, 0.29) is 23.6 Å². The van der Waals surface area contributed by atoms with E-state index in [4.69, 9.17) is 16.7 Å². The molecule has 3 aromatic rings. The fourth-order valence-corrected chi connectivity index (χ4v) is 3.61. The maximum atomic E-state index is 12.6. The molecule has 0 aliphatic rings. The van der Waals surface area contributed by atoms with E-state index in [1.807, 2.05) is 0 Å². The lowest BCUT2D eigenvalue weighted by Gasteiger charge is -2.05. The highest BCUT2D eigenvalue weighted by molar-refractivity contribution is 7.16. The number of rotatable bonds is 5. The van der Waals surface area contributed by atoms with E-state index in [0.29, 0.717) is 26.4 Å². The van der Waals surface area contributed by atoms with Crippen LogP contribution in [0.2, 0.25) is 5.02 Å². The number of carboxylic acid groups (broad SMARTS) is 1. The third-order valence-electron chi connectivity index (χ3n) is 3.60. The lowest BCUT2D eigenvalue weighted by Crippen LogP contribution is -2.15. The van der Waals surface area contributed by atoms with Crippen LogP contribution >= 0.6 is 22.9 Å². The van der Waals surface area contributed by atoms with Crippen LogP contribution in [-0.2, 0) is 11.3 Å². The lowest BCUT2D eigenvalue weighted by atomic mass is 10.0. The maximum absolute atomic E-state index is 12.6. The second-order valence-electron chi connectivity index (χ2n) is 5.15. The highest BCUT2D eigenvalue weighted by Crippen LogP contribution is 2.23. The van der Waals surface area contributed by atoms with Crippen LogP contribution in [0.4, 0.5) is 0 Å². The first kappa shape index (κ1) is 16.4. The molecule has 0 atom stereocenters. The van der Waals surface area contributed by atoms with E-state index in [1.165, 1.54) is 4.57 Å². The van der Waals surface area contributed by atoms with Gasteiger partial charge in [-0.15, -0.1) is 0 Å². The third kappa shape index (κ3) is 3.11. The minimum atomic E-state index is -0.966. The zero-order chi connectivity index (χ0) is 17.3. The van der Waals surface area contributed by atoms with Gasteiger partial charge in [0, 0.05) is 17.7 Å². The van der Waals surface area contributed by atoms with Gasteiger partial charge in [-0.1, -0.05) is 35.1 Å². The summed E-state index contributed by atoms with van der Waals surface area (Å²) in [6.45, 7) is 0.103. The number of carboxylic acids is 1. The number of aromatic nitrogens is 1. The normalized spacial score (nSPS) is 10.9. The van der Waals surface area contributed by atoms with E-state index in [0.717, 1.165) is 11.3 Å². The summed E-state index contributed by atoms with van der Waals surface area (Å²) in [5, 5.41) is 9.15. The van der Waals surface area contributed by atoms with Crippen LogP contribution in [0, 0.1) is 0 Å². The molecule has 0 spiro atoms. The number of carbonyl (C=O) groups is 2. The molecule has 1 N–H and O–H groups in total. The molecule has 2 aromatic carbocycles. The molecule has 24 heavy (non-hydrogen) atoms. The number of nitrogens with zero attached hydrogens (tertiary/aromatic N) is 1. The number of hydrogen-bond donors (Lipinski definition) is 1. The smallest absolute Gasteiger partial charge is 0.308 e. The van der Waals surface area contributed by atoms with E-state index in [1.54, 1.807) is 42.5 Å². The van der Waals surface area contributed by atoms with Crippen LogP contribution in [0.25, 0.3) is 10.2 Å². The zero-order valence-electron chi connectivity index (χ0n) is 12.4. The summed E-state index contributed by atoms with van der Waals surface area (Å²) < 4.78 is 2.06. The minimum absolute atomic E-state index is 0.103. The van der Waals surface area contributed by atoms with Crippen molar-refractivity contribution in [1.29, 1.82) is 0 Å². The molecule has 3 rings (SSSR count). The van der Waals surface area contributed by atoms with Crippen LogP contribution in [0.1, 0.15) is 22.3 Å². The van der Waals surface area contributed by atoms with Crippen molar-refractivity contribution < 1.29 is 14.7 Å². The van der Waals surface area contributed by atoms with Gasteiger partial charge in [-0.3, -0.25) is 19.0 Å². The number of fused-ring (bicyclic) bond motifs is 1. The number of benzene rings is 2. The highest BCUT2D eigenvalue weighted by atomic mass is 35.5. The Labute approximate surface area is 145 Å². The predicted octanol–water partition coefficient (Wildman–Crippen LogP) is 3.42. The largest absolute Gasteiger partial charge is 0.481 e. The van der Waals surface area contributed by atoms with Gasteiger partial charge in [0.15, 0.2) is 5.78 Å².